The first-order chi connectivity index (χ1) is 11.6. The van der Waals surface area contributed by atoms with Crippen molar-refractivity contribution in [3.8, 4) is 23.0 Å². The van der Waals surface area contributed by atoms with E-state index in [1.807, 2.05) is 6.07 Å². The summed E-state index contributed by atoms with van der Waals surface area (Å²) in [7, 11) is 0. The second kappa shape index (κ2) is 9.28. The number of hydrogen-bond acceptors (Lipinski definition) is 0. The zero-order valence-electron chi connectivity index (χ0n) is 15.0. The Morgan fingerprint density at radius 3 is 2.33 bits per heavy atom. The van der Waals surface area contributed by atoms with Gasteiger partial charge in [-0.3, -0.25) is 0 Å². The molecule has 0 aromatic heterocycles. The number of hydrogen-bond donors (Lipinski definition) is 0. The minimum Gasteiger partial charge on any atom is -0.206 e. The van der Waals surface area contributed by atoms with E-state index in [9.17, 15) is 4.39 Å². The molecule has 2 aromatic rings. The summed E-state index contributed by atoms with van der Waals surface area (Å²) in [4.78, 5) is 0. The third-order valence-electron chi connectivity index (χ3n) is 4.46. The molecule has 0 amide bonds. The van der Waals surface area contributed by atoms with Crippen molar-refractivity contribution in [3.63, 3.8) is 0 Å². The second-order valence-corrected chi connectivity index (χ2v) is 6.55. The van der Waals surface area contributed by atoms with Crippen LogP contribution in [0.2, 0.25) is 0 Å². The molecule has 24 heavy (non-hydrogen) atoms. The number of halogens is 1. The van der Waals surface area contributed by atoms with E-state index in [2.05, 4.69) is 50.0 Å². The first kappa shape index (κ1) is 18.3. The molecule has 1 unspecified atom stereocenters. The van der Waals surface area contributed by atoms with Crippen molar-refractivity contribution in [2.24, 2.45) is 5.92 Å². The van der Waals surface area contributed by atoms with E-state index in [4.69, 9.17) is 0 Å². The highest BCUT2D eigenvalue weighted by atomic mass is 19.1. The molecule has 0 heterocycles. The maximum atomic E-state index is 14.0. The summed E-state index contributed by atoms with van der Waals surface area (Å²) in [5, 5.41) is 0. The van der Waals surface area contributed by atoms with Crippen molar-refractivity contribution in [2.75, 3.05) is 0 Å². The lowest BCUT2D eigenvalue weighted by molar-refractivity contribution is 0.469. The van der Waals surface area contributed by atoms with E-state index in [0.717, 1.165) is 23.5 Å². The van der Waals surface area contributed by atoms with Crippen LogP contribution >= 0.6 is 0 Å². The van der Waals surface area contributed by atoms with Crippen LogP contribution in [0.25, 0.3) is 11.1 Å². The Bertz CT molecular complexity index is 701. The van der Waals surface area contributed by atoms with Crippen LogP contribution in [-0.2, 0) is 6.42 Å². The summed E-state index contributed by atoms with van der Waals surface area (Å²) in [5.41, 5.74) is 3.76. The van der Waals surface area contributed by atoms with Gasteiger partial charge in [0.15, 0.2) is 0 Å². The molecule has 0 aliphatic rings. The second-order valence-electron chi connectivity index (χ2n) is 6.55. The van der Waals surface area contributed by atoms with E-state index in [1.54, 1.807) is 19.1 Å². The van der Waals surface area contributed by atoms with Gasteiger partial charge in [0.25, 0.3) is 0 Å². The fourth-order valence-corrected chi connectivity index (χ4v) is 3.09. The van der Waals surface area contributed by atoms with Crippen molar-refractivity contribution in [3.05, 3.63) is 59.4 Å². The summed E-state index contributed by atoms with van der Waals surface area (Å²) in [6.45, 7) is 6.31. The minimum absolute atomic E-state index is 0.254. The van der Waals surface area contributed by atoms with Gasteiger partial charge in [-0.25, -0.2) is 4.39 Å². The van der Waals surface area contributed by atoms with Crippen LogP contribution in [0.4, 0.5) is 4.39 Å². The summed E-state index contributed by atoms with van der Waals surface area (Å²) in [5.74, 6) is 6.08. The zero-order valence-corrected chi connectivity index (χ0v) is 15.0. The molecule has 0 bridgehead atoms. The van der Waals surface area contributed by atoms with Gasteiger partial charge >= 0.3 is 0 Å². The third-order valence-corrected chi connectivity index (χ3v) is 4.46. The quantitative estimate of drug-likeness (QED) is 0.502. The van der Waals surface area contributed by atoms with Crippen LogP contribution in [0.3, 0.4) is 0 Å². The molecule has 2 aromatic carbocycles. The van der Waals surface area contributed by atoms with Gasteiger partial charge in [-0.05, 0) is 54.5 Å². The smallest absolute Gasteiger partial charge is 0.139 e. The van der Waals surface area contributed by atoms with Crippen LogP contribution in [0.5, 0.6) is 0 Å². The number of rotatable bonds is 7. The summed E-state index contributed by atoms with van der Waals surface area (Å²) in [6.07, 6.45) is 6.24. The van der Waals surface area contributed by atoms with Crippen LogP contribution in [0, 0.1) is 23.6 Å². The lowest BCUT2D eigenvalue weighted by Gasteiger charge is -2.10. The predicted octanol–water partition coefficient (Wildman–Crippen LogP) is 6.62. The molecule has 0 radical (unpaired) electrons. The number of aryl methyl sites for hydroxylation is 1. The van der Waals surface area contributed by atoms with Gasteiger partial charge in [0.1, 0.15) is 5.82 Å². The van der Waals surface area contributed by atoms with Crippen LogP contribution in [0.15, 0.2) is 42.5 Å². The molecule has 0 spiro atoms. The van der Waals surface area contributed by atoms with E-state index in [1.165, 1.54) is 31.2 Å². The van der Waals surface area contributed by atoms with E-state index in [0.29, 0.717) is 5.56 Å². The van der Waals surface area contributed by atoms with E-state index >= 15 is 0 Å². The lowest BCUT2D eigenvalue weighted by atomic mass is 9.96. The lowest BCUT2D eigenvalue weighted by Crippen LogP contribution is -1.95. The molecular weight excluding hydrogens is 295 g/mol. The maximum Gasteiger partial charge on any atom is 0.139 e. The van der Waals surface area contributed by atoms with Gasteiger partial charge in [-0.1, -0.05) is 69.4 Å². The van der Waals surface area contributed by atoms with Gasteiger partial charge in [-0.15, -0.1) is 5.92 Å². The molecule has 0 aliphatic carbocycles. The highest BCUT2D eigenvalue weighted by molar-refractivity contribution is 5.65. The largest absolute Gasteiger partial charge is 0.206 e. The van der Waals surface area contributed by atoms with Gasteiger partial charge in [0, 0.05) is 0 Å². The SMILES string of the molecule is CC#Cc1ccc(-c2ccc(CCCC(C)CCC)cc2)cc1F. The molecule has 2 rings (SSSR count). The standard InChI is InChI=1S/C23H27F/c1-4-7-18(3)9-6-10-19-11-13-20(14-12-19)22-16-15-21(8-5-2)23(24)17-22/h11-18H,4,6-7,9-10H2,1-3H3. The Hall–Kier alpha value is -2.07. The van der Waals surface area contributed by atoms with Crippen LogP contribution in [0.1, 0.15) is 57.6 Å². The normalized spacial score (nSPS) is 11.7. The summed E-state index contributed by atoms with van der Waals surface area (Å²) >= 11 is 0. The highest BCUT2D eigenvalue weighted by Gasteiger charge is 2.05. The molecule has 0 nitrogen and oxygen atoms in total. The van der Waals surface area contributed by atoms with E-state index in [-0.39, 0.29) is 5.82 Å². The molecule has 0 saturated heterocycles. The number of benzene rings is 2. The monoisotopic (exact) mass is 322 g/mol. The van der Waals surface area contributed by atoms with Gasteiger partial charge in [0.05, 0.1) is 5.56 Å². The molecule has 0 saturated carbocycles. The summed E-state index contributed by atoms with van der Waals surface area (Å²) in [6, 6.07) is 13.8. The topological polar surface area (TPSA) is 0 Å². The van der Waals surface area contributed by atoms with Gasteiger partial charge < -0.3 is 0 Å². The molecule has 126 valence electrons. The average molecular weight is 322 g/mol. The highest BCUT2D eigenvalue weighted by Crippen LogP contribution is 2.23. The molecule has 0 fully saturated rings. The minimum atomic E-state index is -0.254. The Kier molecular flexibility index (Phi) is 7.07. The Balaban J connectivity index is 1.98. The Labute approximate surface area is 146 Å². The zero-order chi connectivity index (χ0) is 17.4. The van der Waals surface area contributed by atoms with Crippen molar-refractivity contribution >= 4 is 0 Å². The average Bonchev–Trinajstić information content (AvgIpc) is 2.58. The fraction of sp³-hybridized carbons (Fsp3) is 0.391. The fourth-order valence-electron chi connectivity index (χ4n) is 3.09. The molecule has 1 atom stereocenters. The predicted molar refractivity (Wildman–Crippen MR) is 101 cm³/mol. The van der Waals surface area contributed by atoms with Gasteiger partial charge in [-0.2, -0.15) is 0 Å². The molecule has 0 aliphatic heterocycles. The Morgan fingerprint density at radius 1 is 1.00 bits per heavy atom. The van der Waals surface area contributed by atoms with Crippen molar-refractivity contribution < 1.29 is 4.39 Å². The first-order valence-electron chi connectivity index (χ1n) is 8.95. The molecule has 1 heteroatoms. The third kappa shape index (κ3) is 5.24. The van der Waals surface area contributed by atoms with Crippen LogP contribution < -0.4 is 0 Å². The van der Waals surface area contributed by atoms with Crippen molar-refractivity contribution in [1.29, 1.82) is 0 Å². The summed E-state index contributed by atoms with van der Waals surface area (Å²) < 4.78 is 14.0. The maximum absolute atomic E-state index is 14.0. The van der Waals surface area contributed by atoms with Crippen molar-refractivity contribution in [2.45, 2.75) is 52.9 Å². The molecule has 0 N–H and O–H groups in total. The molecular formula is C23H27F. The van der Waals surface area contributed by atoms with Crippen molar-refractivity contribution in [1.82, 2.24) is 0 Å². The Morgan fingerprint density at radius 2 is 1.71 bits per heavy atom. The van der Waals surface area contributed by atoms with Crippen LogP contribution in [-0.4, -0.2) is 0 Å². The van der Waals surface area contributed by atoms with Gasteiger partial charge in [0.2, 0.25) is 0 Å². The van der Waals surface area contributed by atoms with E-state index < -0.39 is 0 Å². The first-order valence-corrected chi connectivity index (χ1v) is 8.95.